The van der Waals surface area contributed by atoms with E-state index in [0.29, 0.717) is 0 Å². The number of aromatic carboxylic acids is 3. The Bertz CT molecular complexity index is 698. The number of hydrogen-bond acceptors (Lipinski definition) is 6. The summed E-state index contributed by atoms with van der Waals surface area (Å²) in [6, 6.07) is 0. The highest BCUT2D eigenvalue weighted by Crippen LogP contribution is 2.39. The molecular weight excluding hydrogens is 312 g/mol. The summed E-state index contributed by atoms with van der Waals surface area (Å²) in [4.78, 5) is 35.2. The fraction of sp³-hybridized carbons (Fsp3) is 0.500. The molecule has 0 N–H and O–H groups in total. The second-order valence-corrected chi connectivity index (χ2v) is 6.69. The van der Waals surface area contributed by atoms with Gasteiger partial charge in [0.15, 0.2) is 0 Å². The summed E-state index contributed by atoms with van der Waals surface area (Å²) in [5.74, 6) is -6.25. The lowest BCUT2D eigenvalue weighted by atomic mass is 9.76. The number of benzene rings is 1. The summed E-state index contributed by atoms with van der Waals surface area (Å²) in [6.07, 6.45) is 0. The smallest absolute Gasteiger partial charge is 0.0725 e. The van der Waals surface area contributed by atoms with Crippen LogP contribution in [0.4, 0.5) is 0 Å². The van der Waals surface area contributed by atoms with Crippen molar-refractivity contribution in [2.45, 2.75) is 59.3 Å². The Morgan fingerprint density at radius 2 is 0.792 bits per heavy atom. The number of carbonyl (C=O) groups excluding carboxylic acids is 3. The molecule has 0 radical (unpaired) electrons. The lowest BCUT2D eigenvalue weighted by Gasteiger charge is -2.32. The molecule has 24 heavy (non-hydrogen) atoms. The Balaban J connectivity index is 4.37. The largest absolute Gasteiger partial charge is 0.545 e. The van der Waals surface area contributed by atoms with Crippen LogP contribution in [0.5, 0.6) is 0 Å². The van der Waals surface area contributed by atoms with Crippen molar-refractivity contribution in [3.63, 3.8) is 0 Å². The van der Waals surface area contributed by atoms with Crippen molar-refractivity contribution in [3.8, 4) is 0 Å². The van der Waals surface area contributed by atoms with E-state index in [1.54, 1.807) is 41.5 Å². The molecule has 0 atom stereocenters. The van der Waals surface area contributed by atoms with E-state index in [-0.39, 0.29) is 28.2 Å². The number of hydrogen-bond donors (Lipinski definition) is 0. The minimum Gasteiger partial charge on any atom is -0.545 e. The molecular formula is C18H21O6-3. The van der Waals surface area contributed by atoms with Crippen molar-refractivity contribution >= 4 is 17.9 Å². The minimum absolute atomic E-state index is 0.0951. The highest BCUT2D eigenvalue weighted by molar-refractivity contribution is 6.06. The molecule has 0 unspecified atom stereocenters. The van der Waals surface area contributed by atoms with Crippen molar-refractivity contribution in [1.29, 1.82) is 0 Å². The van der Waals surface area contributed by atoms with Crippen LogP contribution in [0.1, 0.15) is 107 Å². The van der Waals surface area contributed by atoms with E-state index in [2.05, 4.69) is 0 Å². The van der Waals surface area contributed by atoms with E-state index in [0.717, 1.165) is 0 Å². The van der Waals surface area contributed by atoms with Crippen LogP contribution in [0.2, 0.25) is 0 Å². The second-order valence-electron chi connectivity index (χ2n) is 6.69. The monoisotopic (exact) mass is 333 g/mol. The molecule has 132 valence electrons. The molecule has 0 aromatic heterocycles. The van der Waals surface area contributed by atoms with E-state index in [4.69, 9.17) is 0 Å². The van der Waals surface area contributed by atoms with Crippen LogP contribution in [0, 0.1) is 0 Å². The van der Waals surface area contributed by atoms with Crippen LogP contribution in [0.3, 0.4) is 0 Å². The van der Waals surface area contributed by atoms with E-state index in [9.17, 15) is 29.7 Å². The van der Waals surface area contributed by atoms with Gasteiger partial charge in [-0.05, 0) is 34.4 Å². The molecule has 0 heterocycles. The normalized spacial score (nSPS) is 11.4. The fourth-order valence-corrected chi connectivity index (χ4v) is 3.23. The van der Waals surface area contributed by atoms with Crippen molar-refractivity contribution in [1.82, 2.24) is 0 Å². The Morgan fingerprint density at radius 3 is 1.04 bits per heavy atom. The van der Waals surface area contributed by atoms with Gasteiger partial charge in [0.1, 0.15) is 0 Å². The molecule has 0 amide bonds. The third-order valence-corrected chi connectivity index (χ3v) is 3.96. The Morgan fingerprint density at radius 1 is 0.542 bits per heavy atom. The van der Waals surface area contributed by atoms with Gasteiger partial charge >= 0.3 is 0 Å². The van der Waals surface area contributed by atoms with E-state index in [1.165, 1.54) is 0 Å². The standard InChI is InChI=1S/C18H24O6/c1-7(2)10-11(8(3)4)14(17(21)22)15(18(23)24)12(9(5)6)13(10)16(19)20/h7-9H,1-6H3,(H,19,20)(H,21,22)(H,23,24)/p-3. The first-order chi connectivity index (χ1) is 10.9. The third kappa shape index (κ3) is 3.27. The van der Waals surface area contributed by atoms with Crippen molar-refractivity contribution in [2.75, 3.05) is 0 Å². The van der Waals surface area contributed by atoms with Crippen LogP contribution in [-0.4, -0.2) is 17.9 Å². The van der Waals surface area contributed by atoms with Crippen LogP contribution in [0.25, 0.3) is 0 Å². The molecule has 0 saturated heterocycles. The van der Waals surface area contributed by atoms with Gasteiger partial charge in [-0.25, -0.2) is 0 Å². The average Bonchev–Trinajstić information content (AvgIpc) is 2.42. The predicted molar refractivity (Wildman–Crippen MR) is 81.7 cm³/mol. The molecule has 1 aromatic carbocycles. The van der Waals surface area contributed by atoms with Gasteiger partial charge in [-0.2, -0.15) is 0 Å². The highest BCUT2D eigenvalue weighted by Gasteiger charge is 2.29. The van der Waals surface area contributed by atoms with Gasteiger partial charge in [-0.1, -0.05) is 41.5 Å². The Labute approximate surface area is 141 Å². The summed E-state index contributed by atoms with van der Waals surface area (Å²) in [7, 11) is 0. The maximum Gasteiger partial charge on any atom is 0.0725 e. The number of carbonyl (C=O) groups is 3. The SMILES string of the molecule is CC(C)c1c(C(=O)[O-])c(C(=O)[O-])c(C(C)C)c(C(C)C)c1C(=O)[O-]. The molecule has 1 aromatic rings. The average molecular weight is 333 g/mol. The molecule has 0 aliphatic rings. The lowest BCUT2D eigenvalue weighted by molar-refractivity contribution is -0.260. The van der Waals surface area contributed by atoms with Gasteiger partial charge in [0.2, 0.25) is 0 Å². The topological polar surface area (TPSA) is 120 Å². The Kier molecular flexibility index (Phi) is 5.76. The molecule has 0 aliphatic carbocycles. The summed E-state index contributed by atoms with van der Waals surface area (Å²) in [6.45, 7) is 9.95. The molecule has 0 spiro atoms. The molecule has 0 bridgehead atoms. The van der Waals surface area contributed by atoms with Gasteiger partial charge in [0.25, 0.3) is 0 Å². The van der Waals surface area contributed by atoms with Gasteiger partial charge in [0, 0.05) is 16.7 Å². The number of carboxylic acids is 3. The quantitative estimate of drug-likeness (QED) is 0.730. The van der Waals surface area contributed by atoms with Gasteiger partial charge in [0.05, 0.1) is 17.9 Å². The van der Waals surface area contributed by atoms with E-state index < -0.39 is 40.9 Å². The minimum atomic E-state index is -1.74. The van der Waals surface area contributed by atoms with Crippen molar-refractivity contribution in [3.05, 3.63) is 33.4 Å². The predicted octanol–water partition coefficient (Wildman–Crippen LogP) is 0.147. The molecule has 6 heteroatoms. The molecule has 0 saturated carbocycles. The first-order valence-corrected chi connectivity index (χ1v) is 7.80. The number of carboxylic acid groups (broad SMARTS) is 3. The zero-order chi connectivity index (χ0) is 18.9. The first-order valence-electron chi connectivity index (χ1n) is 7.80. The fourth-order valence-electron chi connectivity index (χ4n) is 3.23. The second kappa shape index (κ2) is 7.03. The van der Waals surface area contributed by atoms with Crippen molar-refractivity contribution < 1.29 is 29.7 Å². The van der Waals surface area contributed by atoms with Gasteiger partial charge in [-0.3, -0.25) is 0 Å². The first kappa shape index (κ1) is 19.7. The van der Waals surface area contributed by atoms with E-state index in [1.807, 2.05) is 0 Å². The summed E-state index contributed by atoms with van der Waals surface area (Å²) in [5, 5.41) is 35.2. The van der Waals surface area contributed by atoms with Crippen LogP contribution < -0.4 is 15.3 Å². The summed E-state index contributed by atoms with van der Waals surface area (Å²) < 4.78 is 0. The van der Waals surface area contributed by atoms with Gasteiger partial charge in [-0.15, -0.1) is 0 Å². The lowest BCUT2D eigenvalue weighted by Crippen LogP contribution is -2.37. The highest BCUT2D eigenvalue weighted by atomic mass is 16.4. The summed E-state index contributed by atoms with van der Waals surface area (Å²) >= 11 is 0. The zero-order valence-corrected chi connectivity index (χ0v) is 14.7. The van der Waals surface area contributed by atoms with Crippen LogP contribution in [-0.2, 0) is 0 Å². The molecule has 6 nitrogen and oxygen atoms in total. The zero-order valence-electron chi connectivity index (χ0n) is 14.7. The number of rotatable bonds is 6. The van der Waals surface area contributed by atoms with E-state index >= 15 is 0 Å². The molecule has 1 rings (SSSR count). The Hall–Kier alpha value is -2.37. The van der Waals surface area contributed by atoms with Crippen LogP contribution in [0.15, 0.2) is 0 Å². The van der Waals surface area contributed by atoms with Crippen LogP contribution >= 0.6 is 0 Å². The maximum atomic E-state index is 11.8. The molecule has 0 fully saturated rings. The molecule has 0 aliphatic heterocycles. The van der Waals surface area contributed by atoms with Gasteiger partial charge < -0.3 is 29.7 Å². The summed E-state index contributed by atoms with van der Waals surface area (Å²) in [5.41, 5.74) is -1.05. The maximum absolute atomic E-state index is 11.8. The van der Waals surface area contributed by atoms with Crippen molar-refractivity contribution in [2.24, 2.45) is 0 Å². The third-order valence-electron chi connectivity index (χ3n) is 3.96.